The van der Waals surface area contributed by atoms with Crippen molar-refractivity contribution in [2.45, 2.75) is 25.9 Å². The fraction of sp³-hybridized carbons (Fsp3) is 0.222. The molecule has 0 fully saturated rings. The van der Waals surface area contributed by atoms with Crippen molar-refractivity contribution in [3.63, 3.8) is 0 Å². The Morgan fingerprint density at radius 3 is 2.62 bits per heavy atom. The van der Waals surface area contributed by atoms with Gasteiger partial charge in [-0.25, -0.2) is 0 Å². The molecule has 2 N–H and O–H groups in total. The molecule has 0 bridgehead atoms. The highest BCUT2D eigenvalue weighted by molar-refractivity contribution is 6.31. The third-order valence-corrected chi connectivity index (χ3v) is 4.23. The number of hydrogen-bond acceptors (Lipinski definition) is 3. The highest BCUT2D eigenvalue weighted by Gasteiger charge is 2.47. The highest BCUT2D eigenvalue weighted by Crippen LogP contribution is 2.36. The van der Waals surface area contributed by atoms with Crippen LogP contribution in [0.2, 0.25) is 5.02 Å². The molecule has 0 aromatic heterocycles. The summed E-state index contributed by atoms with van der Waals surface area (Å²) >= 11 is 5.90. The lowest BCUT2D eigenvalue weighted by atomic mass is 10.0. The Balaban J connectivity index is 1.82. The van der Waals surface area contributed by atoms with Gasteiger partial charge in [-0.1, -0.05) is 30.7 Å². The Morgan fingerprint density at radius 1 is 1.25 bits per heavy atom. The lowest BCUT2D eigenvalue weighted by Crippen LogP contribution is -2.56. The Morgan fingerprint density at radius 2 is 1.96 bits per heavy atom. The Kier molecular flexibility index (Phi) is 4.20. The zero-order valence-electron chi connectivity index (χ0n) is 13.4. The standard InChI is InChI=1S/C18H17ClN2O3/c1-3-11-4-7-13(8-5-11)20-16(22)18(2)17(23)21-14-10-12(19)6-9-15(14)24-18/h4-10H,3H2,1-2H3,(H,20,22)(H,21,23). The van der Waals surface area contributed by atoms with Gasteiger partial charge in [0.2, 0.25) is 0 Å². The van der Waals surface area contributed by atoms with Crippen LogP contribution in [0.5, 0.6) is 5.75 Å². The van der Waals surface area contributed by atoms with Gasteiger partial charge < -0.3 is 15.4 Å². The van der Waals surface area contributed by atoms with Crippen molar-refractivity contribution in [2.75, 3.05) is 10.6 Å². The van der Waals surface area contributed by atoms with E-state index in [1.165, 1.54) is 6.92 Å². The van der Waals surface area contributed by atoms with Gasteiger partial charge in [0, 0.05) is 10.7 Å². The summed E-state index contributed by atoms with van der Waals surface area (Å²) in [7, 11) is 0. The fourth-order valence-corrected chi connectivity index (χ4v) is 2.59. The van der Waals surface area contributed by atoms with Crippen LogP contribution in [0.3, 0.4) is 0 Å². The molecule has 1 atom stereocenters. The normalized spacial score (nSPS) is 19.0. The molecule has 1 heterocycles. The van der Waals surface area contributed by atoms with Crippen LogP contribution >= 0.6 is 11.6 Å². The molecule has 2 aromatic rings. The number of benzene rings is 2. The first-order chi connectivity index (χ1) is 11.4. The predicted octanol–water partition coefficient (Wildman–Crippen LogP) is 3.63. The van der Waals surface area contributed by atoms with E-state index >= 15 is 0 Å². The Bertz CT molecular complexity index is 804. The lowest BCUT2D eigenvalue weighted by molar-refractivity contribution is -0.143. The molecule has 0 saturated carbocycles. The van der Waals surface area contributed by atoms with E-state index in [0.29, 0.717) is 22.1 Å². The number of nitrogens with one attached hydrogen (secondary N) is 2. The third-order valence-electron chi connectivity index (χ3n) is 3.99. The molecule has 6 heteroatoms. The summed E-state index contributed by atoms with van der Waals surface area (Å²) in [6.07, 6.45) is 0.913. The number of ether oxygens (including phenoxy) is 1. The second-order valence-corrected chi connectivity index (χ2v) is 6.17. The van der Waals surface area contributed by atoms with Gasteiger partial charge in [0.15, 0.2) is 0 Å². The minimum absolute atomic E-state index is 0.401. The van der Waals surface area contributed by atoms with E-state index in [-0.39, 0.29) is 0 Å². The first-order valence-electron chi connectivity index (χ1n) is 7.63. The van der Waals surface area contributed by atoms with E-state index in [2.05, 4.69) is 17.6 Å². The van der Waals surface area contributed by atoms with Crippen LogP contribution < -0.4 is 15.4 Å². The van der Waals surface area contributed by atoms with E-state index in [4.69, 9.17) is 16.3 Å². The SMILES string of the molecule is CCc1ccc(NC(=O)C2(C)Oc3ccc(Cl)cc3NC2=O)cc1. The maximum atomic E-state index is 12.6. The molecule has 1 aliphatic rings. The van der Waals surface area contributed by atoms with Gasteiger partial charge in [0.25, 0.3) is 17.4 Å². The summed E-state index contributed by atoms with van der Waals surface area (Å²) in [5.41, 5.74) is 0.558. The minimum Gasteiger partial charge on any atom is -0.466 e. The quantitative estimate of drug-likeness (QED) is 0.835. The number of carbonyl (C=O) groups excluding carboxylic acids is 2. The molecule has 124 valence electrons. The van der Waals surface area contributed by atoms with Crippen molar-refractivity contribution in [1.82, 2.24) is 0 Å². The molecule has 3 rings (SSSR count). The van der Waals surface area contributed by atoms with Crippen molar-refractivity contribution < 1.29 is 14.3 Å². The summed E-state index contributed by atoms with van der Waals surface area (Å²) in [5, 5.41) is 5.87. The maximum Gasteiger partial charge on any atom is 0.278 e. The Hall–Kier alpha value is -2.53. The lowest BCUT2D eigenvalue weighted by Gasteiger charge is -2.33. The van der Waals surface area contributed by atoms with Crippen molar-refractivity contribution in [3.05, 3.63) is 53.1 Å². The molecule has 0 radical (unpaired) electrons. The number of halogens is 1. The van der Waals surface area contributed by atoms with Crippen LogP contribution in [-0.2, 0) is 16.0 Å². The molecule has 24 heavy (non-hydrogen) atoms. The molecule has 0 saturated heterocycles. The number of amides is 2. The summed E-state index contributed by atoms with van der Waals surface area (Å²) in [5.74, 6) is -0.678. The van der Waals surface area contributed by atoms with Crippen LogP contribution in [0, 0.1) is 0 Å². The van der Waals surface area contributed by atoms with Gasteiger partial charge in [0.05, 0.1) is 5.69 Å². The number of aryl methyl sites for hydroxylation is 1. The summed E-state index contributed by atoms with van der Waals surface area (Å²) in [6.45, 7) is 3.49. The van der Waals surface area contributed by atoms with E-state index < -0.39 is 17.4 Å². The summed E-state index contributed by atoms with van der Waals surface area (Å²) < 4.78 is 5.68. The van der Waals surface area contributed by atoms with Gasteiger partial charge in [-0.15, -0.1) is 0 Å². The molecule has 2 amide bonds. The van der Waals surface area contributed by atoms with Crippen molar-refractivity contribution in [3.8, 4) is 5.75 Å². The number of hydrogen-bond donors (Lipinski definition) is 2. The van der Waals surface area contributed by atoms with Crippen LogP contribution in [0.4, 0.5) is 11.4 Å². The summed E-state index contributed by atoms with van der Waals surface area (Å²) in [6, 6.07) is 12.3. The molecule has 5 nitrogen and oxygen atoms in total. The second-order valence-electron chi connectivity index (χ2n) is 5.73. The van der Waals surface area contributed by atoms with Crippen molar-refractivity contribution in [2.24, 2.45) is 0 Å². The molecule has 0 spiro atoms. The number of rotatable bonds is 3. The molecule has 0 aliphatic carbocycles. The molecular weight excluding hydrogens is 328 g/mol. The van der Waals surface area contributed by atoms with Gasteiger partial charge >= 0.3 is 0 Å². The van der Waals surface area contributed by atoms with Crippen LogP contribution in [0.25, 0.3) is 0 Å². The zero-order valence-corrected chi connectivity index (χ0v) is 14.1. The summed E-state index contributed by atoms with van der Waals surface area (Å²) in [4.78, 5) is 25.0. The fourth-order valence-electron chi connectivity index (χ4n) is 2.42. The highest BCUT2D eigenvalue weighted by atomic mass is 35.5. The van der Waals surface area contributed by atoms with Crippen LogP contribution in [0.15, 0.2) is 42.5 Å². The van der Waals surface area contributed by atoms with Crippen LogP contribution in [0.1, 0.15) is 19.4 Å². The van der Waals surface area contributed by atoms with E-state index in [1.54, 1.807) is 30.3 Å². The van der Waals surface area contributed by atoms with E-state index in [9.17, 15) is 9.59 Å². The predicted molar refractivity (Wildman–Crippen MR) is 93.6 cm³/mol. The van der Waals surface area contributed by atoms with Gasteiger partial charge in [-0.05, 0) is 49.2 Å². The molecule has 1 unspecified atom stereocenters. The average Bonchev–Trinajstić information content (AvgIpc) is 2.57. The molecule has 2 aromatic carbocycles. The first kappa shape index (κ1) is 16.3. The average molecular weight is 345 g/mol. The zero-order chi connectivity index (χ0) is 17.3. The Labute approximate surface area is 145 Å². The third kappa shape index (κ3) is 2.95. The smallest absolute Gasteiger partial charge is 0.278 e. The number of anilines is 2. The van der Waals surface area contributed by atoms with Crippen molar-refractivity contribution >= 4 is 34.8 Å². The minimum atomic E-state index is -1.66. The van der Waals surface area contributed by atoms with Gasteiger partial charge in [-0.3, -0.25) is 9.59 Å². The first-order valence-corrected chi connectivity index (χ1v) is 8.00. The number of fused-ring (bicyclic) bond motifs is 1. The van der Waals surface area contributed by atoms with E-state index in [0.717, 1.165) is 12.0 Å². The van der Waals surface area contributed by atoms with Crippen molar-refractivity contribution in [1.29, 1.82) is 0 Å². The second kappa shape index (κ2) is 6.17. The topological polar surface area (TPSA) is 67.4 Å². The number of carbonyl (C=O) groups is 2. The molecular formula is C18H17ClN2O3. The van der Waals surface area contributed by atoms with Gasteiger partial charge in [0.1, 0.15) is 5.75 Å². The largest absolute Gasteiger partial charge is 0.466 e. The monoisotopic (exact) mass is 344 g/mol. The van der Waals surface area contributed by atoms with Crippen LogP contribution in [-0.4, -0.2) is 17.4 Å². The maximum absolute atomic E-state index is 12.6. The van der Waals surface area contributed by atoms with Gasteiger partial charge in [-0.2, -0.15) is 0 Å². The molecule has 1 aliphatic heterocycles. The van der Waals surface area contributed by atoms with E-state index in [1.807, 2.05) is 12.1 Å².